The van der Waals surface area contributed by atoms with Crippen molar-refractivity contribution in [3.63, 3.8) is 0 Å². The maximum absolute atomic E-state index is 13.5. The average Bonchev–Trinajstić information content (AvgIpc) is 3.09. The largest absolute Gasteiger partial charge is 0.389 e. The first-order valence-corrected chi connectivity index (χ1v) is 10.3. The van der Waals surface area contributed by atoms with Crippen molar-refractivity contribution in [3.05, 3.63) is 47.5 Å². The summed E-state index contributed by atoms with van der Waals surface area (Å²) in [7, 11) is 3.16. The average molecular weight is 452 g/mol. The zero-order valence-corrected chi connectivity index (χ0v) is 17.5. The number of carbonyl (C=O) groups is 1. The number of carbonyl (C=O) groups excluding carboxylic acids is 1. The Morgan fingerprint density at radius 1 is 1.21 bits per heavy atom. The van der Waals surface area contributed by atoms with Crippen LogP contribution in [0.4, 0.5) is 14.6 Å². The molecule has 3 fully saturated rings. The molecule has 1 amide bonds. The number of nitrogens with one attached hydrogen (secondary N) is 2. The molecule has 0 aliphatic heterocycles. The molecule has 0 bridgehead atoms. The lowest BCUT2D eigenvalue weighted by Crippen LogP contribution is -2.67. The first-order chi connectivity index (χ1) is 15.8. The molecule has 33 heavy (non-hydrogen) atoms. The van der Waals surface area contributed by atoms with E-state index in [0.29, 0.717) is 17.0 Å². The van der Waals surface area contributed by atoms with Crippen LogP contribution in [0.15, 0.2) is 24.5 Å². The van der Waals surface area contributed by atoms with Gasteiger partial charge in [-0.1, -0.05) is 5.92 Å². The normalized spacial score (nSPS) is 32.7. The number of rotatable bonds is 3. The van der Waals surface area contributed by atoms with E-state index in [9.17, 15) is 23.8 Å². The second-order valence-electron chi connectivity index (χ2n) is 8.60. The molecule has 0 radical (unpaired) electrons. The monoisotopic (exact) mass is 452 g/mol. The van der Waals surface area contributed by atoms with E-state index in [1.165, 1.54) is 19.4 Å². The Labute approximate surface area is 185 Å². The summed E-state index contributed by atoms with van der Waals surface area (Å²) in [6.45, 7) is 0. The lowest BCUT2D eigenvalue weighted by Gasteiger charge is -2.51. The van der Waals surface area contributed by atoms with Crippen molar-refractivity contribution >= 4 is 22.9 Å². The van der Waals surface area contributed by atoms with Crippen LogP contribution in [0.1, 0.15) is 17.4 Å². The number of benzene rings is 1. The summed E-state index contributed by atoms with van der Waals surface area (Å²) in [4.78, 5) is 25.6. The van der Waals surface area contributed by atoms with Crippen LogP contribution >= 0.6 is 0 Å². The Bertz CT molecular complexity index is 1430. The highest BCUT2D eigenvalue weighted by Crippen LogP contribution is 2.91. The Hall–Kier alpha value is -3.62. The van der Waals surface area contributed by atoms with Gasteiger partial charge in [0.15, 0.2) is 28.6 Å². The highest BCUT2D eigenvalue weighted by Gasteiger charge is 3.02. The van der Waals surface area contributed by atoms with Crippen LogP contribution in [-0.4, -0.2) is 61.4 Å². The van der Waals surface area contributed by atoms with Crippen molar-refractivity contribution in [2.45, 2.75) is 17.7 Å². The van der Waals surface area contributed by atoms with Crippen molar-refractivity contribution in [2.75, 3.05) is 19.4 Å². The van der Waals surface area contributed by atoms with Crippen LogP contribution in [0.3, 0.4) is 0 Å². The molecule has 9 nitrogen and oxygen atoms in total. The topological polar surface area (TPSA) is 125 Å². The first kappa shape index (κ1) is 20.0. The fourth-order valence-electron chi connectivity index (χ4n) is 5.95. The summed E-state index contributed by atoms with van der Waals surface area (Å²) in [5.74, 6) is 3.14. The number of imidazole rings is 1. The summed E-state index contributed by atoms with van der Waals surface area (Å²) >= 11 is 0. The second kappa shape index (κ2) is 6.24. The van der Waals surface area contributed by atoms with Gasteiger partial charge in [-0.15, -0.1) is 0 Å². The smallest absolute Gasteiger partial charge is 0.229 e. The minimum absolute atomic E-state index is 0.103. The first-order valence-electron chi connectivity index (χ1n) is 10.3. The van der Waals surface area contributed by atoms with Gasteiger partial charge in [0.25, 0.3) is 0 Å². The SMILES string of the molecule is CNC(=O)C12C3[C@@H](n4cnc5c(NC)nc(C#Cc6ccc(F)c(F)c6)nc54)[C@@](O)([C@@H]1O)[C@@H]32. The van der Waals surface area contributed by atoms with E-state index in [0.717, 1.165) is 12.1 Å². The van der Waals surface area contributed by atoms with Gasteiger partial charge in [-0.3, -0.25) is 4.79 Å². The zero-order chi connectivity index (χ0) is 23.3. The number of halogens is 2. The van der Waals surface area contributed by atoms with E-state index in [4.69, 9.17) is 0 Å². The second-order valence-corrected chi connectivity index (χ2v) is 8.60. The van der Waals surface area contributed by atoms with Crippen molar-refractivity contribution < 1.29 is 23.8 Å². The minimum Gasteiger partial charge on any atom is -0.389 e. The van der Waals surface area contributed by atoms with Crippen LogP contribution in [0.5, 0.6) is 0 Å². The number of fused-ring (bicyclic) bond motifs is 2. The van der Waals surface area contributed by atoms with Gasteiger partial charge in [0, 0.05) is 31.5 Å². The van der Waals surface area contributed by atoms with Crippen molar-refractivity contribution in [3.8, 4) is 11.8 Å². The standard InChI is InChI=1S/C22H18F2N6O3/c1-25-17-14-18(29-12(28-17)6-4-9-3-5-10(23)11(24)7-9)30(8-27-14)16-13-15-21(13,20(32)26-2)19(31)22(15,16)33/h3,5,7-8,13,15-16,19,31,33H,1-2H3,(H,26,32)(H,25,28,29)/t13?,15-,16+,19+,21?,22+/m0/s1. The Morgan fingerprint density at radius 2 is 2.00 bits per heavy atom. The summed E-state index contributed by atoms with van der Waals surface area (Å²) in [6, 6.07) is 2.73. The highest BCUT2D eigenvalue weighted by atomic mass is 19.2. The van der Waals surface area contributed by atoms with E-state index >= 15 is 0 Å². The van der Waals surface area contributed by atoms with Gasteiger partial charge in [0.1, 0.15) is 11.7 Å². The van der Waals surface area contributed by atoms with Gasteiger partial charge in [-0.05, 0) is 24.1 Å². The minimum atomic E-state index is -1.44. The number of aliphatic hydroxyl groups excluding tert-OH is 1. The van der Waals surface area contributed by atoms with Gasteiger partial charge in [0.05, 0.1) is 17.8 Å². The third kappa shape index (κ3) is 2.17. The van der Waals surface area contributed by atoms with Crippen LogP contribution < -0.4 is 10.6 Å². The van der Waals surface area contributed by atoms with E-state index in [-0.39, 0.29) is 29.1 Å². The predicted molar refractivity (Wildman–Crippen MR) is 111 cm³/mol. The van der Waals surface area contributed by atoms with Crippen LogP contribution in [0.2, 0.25) is 0 Å². The van der Waals surface area contributed by atoms with Gasteiger partial charge >= 0.3 is 0 Å². The van der Waals surface area contributed by atoms with E-state index in [1.807, 2.05) is 0 Å². The molecule has 11 heteroatoms. The Kier molecular flexibility index (Phi) is 3.79. The molecule has 2 unspecified atom stereocenters. The highest BCUT2D eigenvalue weighted by molar-refractivity contribution is 5.93. The molecule has 2 aromatic heterocycles. The molecule has 0 spiro atoms. The van der Waals surface area contributed by atoms with Crippen LogP contribution in [0.25, 0.3) is 11.2 Å². The van der Waals surface area contributed by atoms with E-state index in [1.54, 1.807) is 11.6 Å². The maximum Gasteiger partial charge on any atom is 0.229 e. The molecule has 0 saturated heterocycles. The number of anilines is 1. The number of nitrogens with zero attached hydrogens (tertiary/aromatic N) is 4. The number of aromatic nitrogens is 4. The van der Waals surface area contributed by atoms with Crippen molar-refractivity contribution in [2.24, 2.45) is 17.3 Å². The van der Waals surface area contributed by atoms with Gasteiger partial charge in [-0.2, -0.15) is 0 Å². The molecule has 4 N–H and O–H groups in total. The summed E-state index contributed by atoms with van der Waals surface area (Å²) in [5.41, 5.74) is -1.36. The van der Waals surface area contributed by atoms with Crippen LogP contribution in [-0.2, 0) is 4.79 Å². The number of amides is 1. The molecule has 3 aromatic rings. The Morgan fingerprint density at radius 3 is 2.67 bits per heavy atom. The number of hydrogen-bond donors (Lipinski definition) is 4. The number of aliphatic hydroxyl groups is 2. The molecule has 3 aliphatic carbocycles. The zero-order valence-electron chi connectivity index (χ0n) is 17.5. The summed E-state index contributed by atoms with van der Waals surface area (Å²) in [5, 5.41) is 27.3. The van der Waals surface area contributed by atoms with E-state index in [2.05, 4.69) is 37.4 Å². The third-order valence-electron chi connectivity index (χ3n) is 7.34. The third-order valence-corrected chi connectivity index (χ3v) is 7.34. The molecular weight excluding hydrogens is 434 g/mol. The molecule has 3 aliphatic rings. The maximum atomic E-state index is 13.5. The van der Waals surface area contributed by atoms with E-state index < -0.39 is 34.8 Å². The van der Waals surface area contributed by atoms with Gasteiger partial charge in [0.2, 0.25) is 11.7 Å². The Balaban J connectivity index is 1.42. The fourth-order valence-corrected chi connectivity index (χ4v) is 5.95. The number of hydrogen-bond acceptors (Lipinski definition) is 7. The van der Waals surface area contributed by atoms with Gasteiger partial charge < -0.3 is 25.4 Å². The lowest BCUT2D eigenvalue weighted by atomic mass is 9.63. The van der Waals surface area contributed by atoms with Crippen molar-refractivity contribution in [1.29, 1.82) is 0 Å². The lowest BCUT2D eigenvalue weighted by molar-refractivity contribution is -0.216. The molecule has 168 valence electrons. The molecular formula is C22H18F2N6O3. The van der Waals surface area contributed by atoms with Crippen LogP contribution in [0, 0.1) is 40.7 Å². The summed E-state index contributed by atoms with van der Waals surface area (Å²) < 4.78 is 28.3. The molecule has 6 atom stereocenters. The predicted octanol–water partition coefficient (Wildman–Crippen LogP) is 0.185. The fraction of sp³-hybridized carbons (Fsp3) is 0.364. The van der Waals surface area contributed by atoms with Gasteiger partial charge in [-0.25, -0.2) is 23.7 Å². The molecule has 3 saturated carbocycles. The molecule has 6 rings (SSSR count). The van der Waals surface area contributed by atoms with Crippen molar-refractivity contribution in [1.82, 2.24) is 24.8 Å². The molecule has 1 aromatic carbocycles. The summed E-state index contributed by atoms with van der Waals surface area (Å²) in [6.07, 6.45) is 0.324. The molecule has 2 heterocycles. The quantitative estimate of drug-likeness (QED) is 0.418.